The number of hydrogen-bond donors (Lipinski definition) is 1. The number of amides is 1. The predicted molar refractivity (Wildman–Crippen MR) is 115 cm³/mol. The van der Waals surface area contributed by atoms with Crippen molar-refractivity contribution in [1.29, 1.82) is 0 Å². The summed E-state index contributed by atoms with van der Waals surface area (Å²) < 4.78 is 20.1. The van der Waals surface area contributed by atoms with Crippen molar-refractivity contribution in [3.63, 3.8) is 0 Å². The minimum atomic E-state index is -1.28. The SMILES string of the molecule is COc1ccc(S(=O)N(CCCNC(=O)c2cccc(C=O)c2)CC(C)C)cc1. The Morgan fingerprint density at radius 3 is 2.55 bits per heavy atom. The molecule has 1 N–H and O–H groups in total. The van der Waals surface area contributed by atoms with E-state index in [2.05, 4.69) is 19.2 Å². The lowest BCUT2D eigenvalue weighted by molar-refractivity contribution is 0.0952. The van der Waals surface area contributed by atoms with Gasteiger partial charge in [-0.15, -0.1) is 0 Å². The van der Waals surface area contributed by atoms with E-state index in [0.717, 1.165) is 16.9 Å². The molecule has 0 bridgehead atoms. The monoisotopic (exact) mass is 416 g/mol. The van der Waals surface area contributed by atoms with Gasteiger partial charge < -0.3 is 10.1 Å². The molecule has 0 spiro atoms. The zero-order chi connectivity index (χ0) is 21.2. The molecule has 6 nitrogen and oxygen atoms in total. The van der Waals surface area contributed by atoms with Crippen LogP contribution in [0.15, 0.2) is 53.4 Å². The highest BCUT2D eigenvalue weighted by Gasteiger charge is 2.17. The minimum Gasteiger partial charge on any atom is -0.497 e. The maximum atomic E-state index is 13.0. The molecule has 0 aliphatic carbocycles. The van der Waals surface area contributed by atoms with E-state index in [1.54, 1.807) is 43.5 Å². The van der Waals surface area contributed by atoms with Gasteiger partial charge in [0, 0.05) is 30.8 Å². The summed E-state index contributed by atoms with van der Waals surface area (Å²) in [6, 6.07) is 13.8. The molecule has 2 rings (SSSR count). The number of carbonyl (C=O) groups is 2. The van der Waals surface area contributed by atoms with Crippen LogP contribution in [-0.2, 0) is 11.0 Å². The van der Waals surface area contributed by atoms with Gasteiger partial charge in [-0.1, -0.05) is 26.0 Å². The first-order valence-electron chi connectivity index (χ1n) is 9.59. The van der Waals surface area contributed by atoms with E-state index in [9.17, 15) is 13.8 Å². The molecule has 7 heteroatoms. The molecule has 0 saturated carbocycles. The van der Waals surface area contributed by atoms with Gasteiger partial charge in [0.1, 0.15) is 23.0 Å². The summed E-state index contributed by atoms with van der Waals surface area (Å²) in [5, 5.41) is 2.86. The van der Waals surface area contributed by atoms with Gasteiger partial charge in [-0.2, -0.15) is 0 Å². The Morgan fingerprint density at radius 2 is 1.93 bits per heavy atom. The highest BCUT2D eigenvalue weighted by molar-refractivity contribution is 7.82. The van der Waals surface area contributed by atoms with Crippen molar-refractivity contribution in [3.05, 3.63) is 59.7 Å². The normalized spacial score (nSPS) is 12.0. The Bertz CT molecular complexity index is 837. The van der Waals surface area contributed by atoms with Gasteiger partial charge in [-0.25, -0.2) is 8.51 Å². The summed E-state index contributed by atoms with van der Waals surface area (Å²) in [5.41, 5.74) is 0.922. The van der Waals surface area contributed by atoms with Crippen LogP contribution in [0.5, 0.6) is 5.75 Å². The first kappa shape index (κ1) is 22.8. The van der Waals surface area contributed by atoms with Crippen LogP contribution in [0.1, 0.15) is 41.0 Å². The molecule has 2 aromatic carbocycles. The van der Waals surface area contributed by atoms with Crippen LogP contribution in [-0.4, -0.2) is 47.5 Å². The van der Waals surface area contributed by atoms with E-state index in [0.29, 0.717) is 43.1 Å². The number of hydrogen-bond acceptors (Lipinski definition) is 4. The summed E-state index contributed by atoms with van der Waals surface area (Å²) >= 11 is 0. The Hall–Kier alpha value is -2.51. The lowest BCUT2D eigenvalue weighted by Gasteiger charge is -2.23. The van der Waals surface area contributed by atoms with Crippen molar-refractivity contribution in [2.45, 2.75) is 25.2 Å². The van der Waals surface area contributed by atoms with Crippen LogP contribution >= 0.6 is 0 Å². The second kappa shape index (κ2) is 11.5. The topological polar surface area (TPSA) is 75.7 Å². The Kier molecular flexibility index (Phi) is 9.02. The largest absolute Gasteiger partial charge is 0.497 e. The second-order valence-corrected chi connectivity index (χ2v) is 8.55. The van der Waals surface area contributed by atoms with E-state index in [1.165, 1.54) is 0 Å². The summed E-state index contributed by atoms with van der Waals surface area (Å²) in [5.74, 6) is 0.862. The number of ether oxygens (including phenoxy) is 1. The third kappa shape index (κ3) is 7.11. The maximum Gasteiger partial charge on any atom is 0.251 e. The smallest absolute Gasteiger partial charge is 0.251 e. The molecule has 0 saturated heterocycles. The van der Waals surface area contributed by atoms with Gasteiger partial charge in [-0.05, 0) is 48.7 Å². The fourth-order valence-electron chi connectivity index (χ4n) is 2.80. The van der Waals surface area contributed by atoms with Crippen molar-refractivity contribution >= 4 is 23.2 Å². The van der Waals surface area contributed by atoms with Crippen LogP contribution in [0.3, 0.4) is 0 Å². The molecule has 0 aliphatic rings. The number of nitrogens with zero attached hydrogens (tertiary/aromatic N) is 1. The third-order valence-electron chi connectivity index (χ3n) is 4.22. The zero-order valence-electron chi connectivity index (χ0n) is 17.1. The fraction of sp³-hybridized carbons (Fsp3) is 0.364. The van der Waals surface area contributed by atoms with Crippen LogP contribution in [0.2, 0.25) is 0 Å². The molecule has 0 aromatic heterocycles. The zero-order valence-corrected chi connectivity index (χ0v) is 17.9. The lowest BCUT2D eigenvalue weighted by atomic mass is 10.1. The molecule has 0 aliphatic heterocycles. The maximum absolute atomic E-state index is 13.0. The van der Waals surface area contributed by atoms with Crippen molar-refractivity contribution in [1.82, 2.24) is 9.62 Å². The number of nitrogens with one attached hydrogen (secondary N) is 1. The number of methoxy groups -OCH3 is 1. The van der Waals surface area contributed by atoms with Crippen LogP contribution in [0, 0.1) is 5.92 Å². The second-order valence-electron chi connectivity index (χ2n) is 7.06. The van der Waals surface area contributed by atoms with Gasteiger partial charge in [0.2, 0.25) is 0 Å². The standard InChI is InChI=1S/C22H28N2O4S/c1-17(2)15-24(29(27)21-10-8-20(28-3)9-11-21)13-5-12-23-22(26)19-7-4-6-18(14-19)16-25/h4,6-11,14,16-17H,5,12-13,15H2,1-3H3,(H,23,26). The number of aldehydes is 1. The van der Waals surface area contributed by atoms with E-state index in [1.807, 2.05) is 16.4 Å². The quantitative estimate of drug-likeness (QED) is 0.450. The summed E-state index contributed by atoms with van der Waals surface area (Å²) in [7, 11) is 0.317. The molecule has 2 aromatic rings. The Balaban J connectivity index is 1.91. The van der Waals surface area contributed by atoms with E-state index < -0.39 is 11.0 Å². The molecular weight excluding hydrogens is 388 g/mol. The molecule has 1 unspecified atom stereocenters. The van der Waals surface area contributed by atoms with E-state index >= 15 is 0 Å². The molecule has 29 heavy (non-hydrogen) atoms. The average Bonchev–Trinajstić information content (AvgIpc) is 2.75. The summed E-state index contributed by atoms with van der Waals surface area (Å²) in [6.45, 7) is 5.90. The lowest BCUT2D eigenvalue weighted by Crippen LogP contribution is -2.33. The molecule has 0 heterocycles. The molecule has 0 fully saturated rings. The molecule has 1 amide bonds. The van der Waals surface area contributed by atoms with Gasteiger partial charge >= 0.3 is 0 Å². The van der Waals surface area contributed by atoms with Gasteiger partial charge in [0.15, 0.2) is 0 Å². The fourth-order valence-corrected chi connectivity index (χ4v) is 4.20. The van der Waals surface area contributed by atoms with Crippen molar-refractivity contribution in [3.8, 4) is 5.75 Å². The van der Waals surface area contributed by atoms with E-state index in [4.69, 9.17) is 4.74 Å². The summed E-state index contributed by atoms with van der Waals surface area (Å²) in [4.78, 5) is 23.8. The average molecular weight is 417 g/mol. The first-order valence-corrected chi connectivity index (χ1v) is 10.7. The Morgan fingerprint density at radius 1 is 1.21 bits per heavy atom. The van der Waals surface area contributed by atoms with Crippen molar-refractivity contribution in [2.24, 2.45) is 5.92 Å². The minimum absolute atomic E-state index is 0.222. The Labute approximate surface area is 174 Å². The molecule has 1 atom stereocenters. The number of benzene rings is 2. The van der Waals surface area contributed by atoms with Crippen LogP contribution in [0.4, 0.5) is 0 Å². The highest BCUT2D eigenvalue weighted by atomic mass is 32.2. The highest BCUT2D eigenvalue weighted by Crippen LogP contribution is 2.17. The molecule has 156 valence electrons. The molecular formula is C22H28N2O4S. The van der Waals surface area contributed by atoms with Crippen LogP contribution < -0.4 is 10.1 Å². The number of rotatable bonds is 11. The molecule has 0 radical (unpaired) electrons. The summed E-state index contributed by atoms with van der Waals surface area (Å²) in [6.07, 6.45) is 1.38. The van der Waals surface area contributed by atoms with E-state index in [-0.39, 0.29) is 5.91 Å². The van der Waals surface area contributed by atoms with Crippen molar-refractivity contribution in [2.75, 3.05) is 26.7 Å². The predicted octanol–water partition coefficient (Wildman–Crippen LogP) is 3.31. The van der Waals surface area contributed by atoms with Gasteiger partial charge in [0.25, 0.3) is 5.91 Å². The van der Waals surface area contributed by atoms with Crippen molar-refractivity contribution < 1.29 is 18.5 Å². The first-order chi connectivity index (χ1) is 13.9. The number of carbonyl (C=O) groups excluding carboxylic acids is 2. The van der Waals surface area contributed by atoms with Gasteiger partial charge in [0.05, 0.1) is 12.0 Å². The van der Waals surface area contributed by atoms with Gasteiger partial charge in [-0.3, -0.25) is 9.59 Å². The third-order valence-corrected chi connectivity index (χ3v) is 5.70. The van der Waals surface area contributed by atoms with Crippen LogP contribution in [0.25, 0.3) is 0 Å².